The molecule has 1 aromatic carbocycles. The van der Waals surface area contributed by atoms with Crippen molar-refractivity contribution in [1.29, 1.82) is 0 Å². The summed E-state index contributed by atoms with van der Waals surface area (Å²) in [6.45, 7) is 4.60. The van der Waals surface area contributed by atoms with Crippen molar-refractivity contribution in [2.24, 2.45) is 0 Å². The van der Waals surface area contributed by atoms with Crippen LogP contribution in [-0.2, 0) is 12.8 Å². The normalized spacial score (nSPS) is 12.1. The average molecular weight is 471 g/mol. The van der Waals surface area contributed by atoms with Crippen molar-refractivity contribution < 1.29 is 0 Å². The van der Waals surface area contributed by atoms with E-state index in [1.165, 1.54) is 115 Å². The average Bonchev–Trinajstić information content (AvgIpc) is 3.50. The summed E-state index contributed by atoms with van der Waals surface area (Å²) in [6, 6.07) is 7.42. The van der Waals surface area contributed by atoms with Gasteiger partial charge in [0.2, 0.25) is 0 Å². The Labute approximate surface area is 200 Å². The first-order chi connectivity index (χ1) is 15.3. The van der Waals surface area contributed by atoms with Gasteiger partial charge < -0.3 is 0 Å². The second kappa shape index (κ2) is 11.8. The fourth-order valence-corrected chi connectivity index (χ4v) is 8.31. The molecule has 0 aliphatic heterocycles. The van der Waals surface area contributed by atoms with E-state index < -0.39 is 0 Å². The predicted octanol–water partition coefficient (Wildman–Crippen LogP) is 11.1. The highest BCUT2D eigenvalue weighted by atomic mass is 32.1. The van der Waals surface area contributed by atoms with E-state index in [0.717, 1.165) is 0 Å². The second-order valence-electron chi connectivity index (χ2n) is 9.11. The number of fused-ring (bicyclic) bond motifs is 6. The van der Waals surface area contributed by atoms with Gasteiger partial charge in [0.15, 0.2) is 0 Å². The van der Waals surface area contributed by atoms with Crippen molar-refractivity contribution in [1.82, 2.24) is 0 Å². The number of aryl methyl sites for hydroxylation is 2. The molecule has 168 valence electrons. The fourth-order valence-electron chi connectivity index (χ4n) is 4.72. The van der Waals surface area contributed by atoms with Gasteiger partial charge in [-0.25, -0.2) is 0 Å². The molecule has 3 heterocycles. The Balaban J connectivity index is 1.49. The van der Waals surface area contributed by atoms with Gasteiger partial charge in [0.1, 0.15) is 0 Å². The smallest absolute Gasteiger partial charge is 0.0447 e. The highest BCUT2D eigenvalue weighted by Crippen LogP contribution is 2.45. The molecule has 0 aliphatic rings. The topological polar surface area (TPSA) is 0 Å². The maximum absolute atomic E-state index is 2.54. The van der Waals surface area contributed by atoms with E-state index in [9.17, 15) is 0 Å². The number of rotatable bonds is 14. The van der Waals surface area contributed by atoms with Crippen molar-refractivity contribution in [2.75, 3.05) is 0 Å². The van der Waals surface area contributed by atoms with Crippen LogP contribution in [0.4, 0.5) is 0 Å². The Morgan fingerprint density at radius 3 is 1.61 bits per heavy atom. The molecule has 4 rings (SSSR count). The van der Waals surface area contributed by atoms with Gasteiger partial charge in [0, 0.05) is 40.0 Å². The molecule has 31 heavy (non-hydrogen) atoms. The molecule has 0 radical (unpaired) electrons. The second-order valence-corrected chi connectivity index (χ2v) is 12.3. The SMILES string of the molecule is CCCCCCCCc1cc2c(s1)c1ccsc1c1cc(CCCCCCCC)sc12. The minimum atomic E-state index is 1.26. The first-order valence-corrected chi connectivity index (χ1v) is 15.2. The molecule has 0 fully saturated rings. The van der Waals surface area contributed by atoms with Gasteiger partial charge in [0.25, 0.3) is 0 Å². The molecule has 0 N–H and O–H groups in total. The van der Waals surface area contributed by atoms with Crippen LogP contribution in [0.1, 0.15) is 101 Å². The van der Waals surface area contributed by atoms with Gasteiger partial charge in [-0.3, -0.25) is 0 Å². The molecular formula is C28H38S3. The van der Waals surface area contributed by atoms with Crippen LogP contribution < -0.4 is 0 Å². The van der Waals surface area contributed by atoms with Crippen molar-refractivity contribution in [2.45, 2.75) is 104 Å². The third kappa shape index (κ3) is 5.72. The lowest BCUT2D eigenvalue weighted by molar-refractivity contribution is 0.609. The molecule has 4 aromatic rings. The first-order valence-electron chi connectivity index (χ1n) is 12.7. The maximum Gasteiger partial charge on any atom is 0.0447 e. The fraction of sp³-hybridized carbons (Fsp3) is 0.571. The van der Waals surface area contributed by atoms with Gasteiger partial charge in [0.05, 0.1) is 0 Å². The van der Waals surface area contributed by atoms with Crippen molar-refractivity contribution in [3.63, 3.8) is 0 Å². The zero-order valence-electron chi connectivity index (χ0n) is 19.4. The molecule has 0 bridgehead atoms. The van der Waals surface area contributed by atoms with Crippen LogP contribution in [0.15, 0.2) is 23.6 Å². The lowest BCUT2D eigenvalue weighted by Crippen LogP contribution is -1.82. The Morgan fingerprint density at radius 2 is 1.03 bits per heavy atom. The highest BCUT2D eigenvalue weighted by molar-refractivity contribution is 7.26. The van der Waals surface area contributed by atoms with Crippen LogP contribution in [0.2, 0.25) is 0 Å². The summed E-state index contributed by atoms with van der Waals surface area (Å²) in [6.07, 6.45) is 19.1. The lowest BCUT2D eigenvalue weighted by atomic mass is 10.1. The Bertz CT molecular complexity index is 994. The van der Waals surface area contributed by atoms with E-state index >= 15 is 0 Å². The Morgan fingerprint density at radius 1 is 0.548 bits per heavy atom. The van der Waals surface area contributed by atoms with Gasteiger partial charge >= 0.3 is 0 Å². The quantitative estimate of drug-likeness (QED) is 0.161. The molecule has 0 amide bonds. The lowest BCUT2D eigenvalue weighted by Gasteiger charge is -1.99. The summed E-state index contributed by atoms with van der Waals surface area (Å²) < 4.78 is 4.61. The van der Waals surface area contributed by atoms with Crippen LogP contribution >= 0.6 is 34.0 Å². The molecule has 0 nitrogen and oxygen atoms in total. The summed E-state index contributed by atoms with van der Waals surface area (Å²) in [7, 11) is 0. The molecule has 0 unspecified atom stereocenters. The zero-order valence-corrected chi connectivity index (χ0v) is 21.9. The van der Waals surface area contributed by atoms with Gasteiger partial charge in [-0.15, -0.1) is 34.0 Å². The van der Waals surface area contributed by atoms with Gasteiger partial charge in [-0.05, 0) is 49.3 Å². The summed E-state index contributed by atoms with van der Waals surface area (Å²) in [5.74, 6) is 0. The largest absolute Gasteiger partial charge is 0.143 e. The number of thiophene rings is 3. The summed E-state index contributed by atoms with van der Waals surface area (Å²) in [5.41, 5.74) is 0. The monoisotopic (exact) mass is 470 g/mol. The third-order valence-corrected chi connectivity index (χ3v) is 9.92. The summed E-state index contributed by atoms with van der Waals surface area (Å²) in [5, 5.41) is 6.84. The van der Waals surface area contributed by atoms with E-state index in [1.54, 1.807) is 14.5 Å². The third-order valence-electron chi connectivity index (χ3n) is 6.52. The summed E-state index contributed by atoms with van der Waals surface area (Å²) >= 11 is 6.08. The number of hydrogen-bond acceptors (Lipinski definition) is 3. The molecule has 0 atom stereocenters. The van der Waals surface area contributed by atoms with Crippen molar-refractivity contribution in [3.8, 4) is 0 Å². The molecule has 3 aromatic heterocycles. The van der Waals surface area contributed by atoms with Crippen LogP contribution in [0.25, 0.3) is 30.3 Å². The molecule has 0 aliphatic carbocycles. The van der Waals surface area contributed by atoms with Gasteiger partial charge in [-0.2, -0.15) is 0 Å². The number of unbranched alkanes of at least 4 members (excludes halogenated alkanes) is 10. The standard InChI is InChI=1S/C28H38S3/c1-3-5-7-9-11-13-15-21-19-24-26-23(17-18-29-26)27-25(28(24)31-21)20-22(30-27)16-14-12-10-8-6-4-2/h17-20H,3-16H2,1-2H3. The van der Waals surface area contributed by atoms with Crippen LogP contribution in [0.3, 0.4) is 0 Å². The van der Waals surface area contributed by atoms with Crippen LogP contribution in [0.5, 0.6) is 0 Å². The Hall–Kier alpha value is -0.900. The molecule has 3 heteroatoms. The van der Waals surface area contributed by atoms with E-state index in [2.05, 4.69) is 60.1 Å². The van der Waals surface area contributed by atoms with E-state index in [1.807, 2.05) is 11.3 Å². The van der Waals surface area contributed by atoms with Crippen molar-refractivity contribution in [3.05, 3.63) is 33.3 Å². The summed E-state index contributed by atoms with van der Waals surface area (Å²) in [4.78, 5) is 3.19. The predicted molar refractivity (Wildman–Crippen MR) is 147 cm³/mol. The van der Waals surface area contributed by atoms with E-state index in [4.69, 9.17) is 0 Å². The number of benzene rings is 1. The number of hydrogen-bond donors (Lipinski definition) is 0. The maximum atomic E-state index is 2.54. The zero-order chi connectivity index (χ0) is 21.5. The molecular weight excluding hydrogens is 433 g/mol. The highest BCUT2D eigenvalue weighted by Gasteiger charge is 2.15. The minimum absolute atomic E-state index is 1.26. The Kier molecular flexibility index (Phi) is 8.87. The molecule has 0 saturated heterocycles. The molecule has 0 saturated carbocycles. The van der Waals surface area contributed by atoms with Crippen molar-refractivity contribution >= 4 is 64.3 Å². The van der Waals surface area contributed by atoms with E-state index in [-0.39, 0.29) is 0 Å². The molecule has 0 spiro atoms. The van der Waals surface area contributed by atoms with Gasteiger partial charge in [-0.1, -0.05) is 78.1 Å². The first kappa shape index (κ1) is 23.3. The van der Waals surface area contributed by atoms with Crippen LogP contribution in [-0.4, -0.2) is 0 Å². The van der Waals surface area contributed by atoms with Crippen LogP contribution in [0, 0.1) is 0 Å². The van der Waals surface area contributed by atoms with E-state index in [0.29, 0.717) is 0 Å². The minimum Gasteiger partial charge on any atom is -0.143 e.